The molecule has 82 valence electrons. The lowest BCUT2D eigenvalue weighted by atomic mass is 10.3. The van der Waals surface area contributed by atoms with Gasteiger partial charge < -0.3 is 10.6 Å². The van der Waals surface area contributed by atoms with E-state index in [4.69, 9.17) is 0 Å². The highest BCUT2D eigenvalue weighted by Gasteiger charge is 2.20. The van der Waals surface area contributed by atoms with Gasteiger partial charge in [-0.15, -0.1) is 0 Å². The molecule has 1 aliphatic heterocycles. The first-order valence-corrected chi connectivity index (χ1v) is 7.06. The molecule has 2 rings (SSSR count). The monoisotopic (exact) mass is 242 g/mol. The van der Waals surface area contributed by atoms with Crippen LogP contribution in [0.3, 0.4) is 0 Å². The van der Waals surface area contributed by atoms with Crippen LogP contribution in [0.15, 0.2) is 16.8 Å². The molecular weight excluding hydrogens is 228 g/mol. The lowest BCUT2D eigenvalue weighted by molar-refractivity contribution is -0.122. The lowest BCUT2D eigenvalue weighted by Crippen LogP contribution is -2.48. The van der Waals surface area contributed by atoms with Gasteiger partial charge in [-0.25, -0.2) is 0 Å². The second kappa shape index (κ2) is 5.53. The van der Waals surface area contributed by atoms with Gasteiger partial charge in [0, 0.05) is 24.6 Å². The summed E-state index contributed by atoms with van der Waals surface area (Å²) in [5, 5.41) is 10.2. The zero-order chi connectivity index (χ0) is 10.5. The van der Waals surface area contributed by atoms with Crippen molar-refractivity contribution in [3.63, 3.8) is 0 Å². The molecule has 0 spiro atoms. The number of rotatable bonds is 3. The number of thioether (sulfide) groups is 1. The second-order valence-corrected chi connectivity index (χ2v) is 5.36. The summed E-state index contributed by atoms with van der Waals surface area (Å²) in [6.07, 6.45) is 0. The van der Waals surface area contributed by atoms with Gasteiger partial charge in [-0.1, -0.05) is 0 Å². The van der Waals surface area contributed by atoms with Crippen molar-refractivity contribution in [1.29, 1.82) is 0 Å². The number of hydrogen-bond donors (Lipinski definition) is 2. The van der Waals surface area contributed by atoms with Gasteiger partial charge >= 0.3 is 0 Å². The van der Waals surface area contributed by atoms with Gasteiger partial charge in [0.25, 0.3) is 0 Å². The highest BCUT2D eigenvalue weighted by molar-refractivity contribution is 7.99. The number of thiophene rings is 1. The Morgan fingerprint density at radius 3 is 3.27 bits per heavy atom. The number of carbonyl (C=O) groups is 1. The number of amides is 1. The molecule has 15 heavy (non-hydrogen) atoms. The molecule has 1 unspecified atom stereocenters. The highest BCUT2D eigenvalue weighted by atomic mass is 32.2. The highest BCUT2D eigenvalue weighted by Crippen LogP contribution is 2.08. The van der Waals surface area contributed by atoms with Crippen LogP contribution < -0.4 is 10.6 Å². The van der Waals surface area contributed by atoms with Crippen LogP contribution in [0, 0.1) is 0 Å². The van der Waals surface area contributed by atoms with Crippen LogP contribution in [-0.4, -0.2) is 30.0 Å². The molecule has 0 aliphatic carbocycles. The Bertz CT molecular complexity index is 307. The first-order chi connectivity index (χ1) is 7.36. The Labute approximate surface area is 97.6 Å². The lowest BCUT2D eigenvalue weighted by Gasteiger charge is -2.22. The predicted molar refractivity (Wildman–Crippen MR) is 65.3 cm³/mol. The van der Waals surface area contributed by atoms with Crippen molar-refractivity contribution in [2.24, 2.45) is 0 Å². The third-order valence-electron chi connectivity index (χ3n) is 2.28. The molecule has 1 aromatic heterocycles. The van der Waals surface area contributed by atoms with Crippen molar-refractivity contribution in [3.8, 4) is 0 Å². The number of hydrogen-bond acceptors (Lipinski definition) is 4. The molecular formula is C10H14N2OS2. The summed E-state index contributed by atoms with van der Waals surface area (Å²) in [4.78, 5) is 11.7. The minimum Gasteiger partial charge on any atom is -0.351 e. The third kappa shape index (κ3) is 3.22. The predicted octanol–water partition coefficient (Wildman–Crippen LogP) is 1.07. The standard InChI is InChI=1S/C10H14N2OS2/c13-10(9-7-15-4-2-11-9)12-5-8-1-3-14-6-8/h1,3,6,9,11H,2,4-5,7H2,(H,12,13). The van der Waals surface area contributed by atoms with Gasteiger partial charge in [-0.3, -0.25) is 4.79 Å². The SMILES string of the molecule is O=C(NCc1ccsc1)C1CSCCN1. The van der Waals surface area contributed by atoms with Gasteiger partial charge in [0.05, 0.1) is 6.04 Å². The van der Waals surface area contributed by atoms with E-state index in [-0.39, 0.29) is 11.9 Å². The number of carbonyl (C=O) groups excluding carboxylic acids is 1. The summed E-state index contributed by atoms with van der Waals surface area (Å²) in [7, 11) is 0. The summed E-state index contributed by atoms with van der Waals surface area (Å²) in [6, 6.07) is 2.02. The van der Waals surface area contributed by atoms with Crippen molar-refractivity contribution in [1.82, 2.24) is 10.6 Å². The first kappa shape index (κ1) is 11.0. The normalized spacial score (nSPS) is 21.2. The maximum absolute atomic E-state index is 11.7. The average Bonchev–Trinajstić information content (AvgIpc) is 2.80. The van der Waals surface area contributed by atoms with E-state index in [0.717, 1.165) is 18.1 Å². The molecule has 1 aromatic rings. The molecule has 1 amide bonds. The van der Waals surface area contributed by atoms with Crippen molar-refractivity contribution in [2.45, 2.75) is 12.6 Å². The molecule has 3 nitrogen and oxygen atoms in total. The van der Waals surface area contributed by atoms with E-state index in [1.807, 2.05) is 23.2 Å². The molecule has 1 fully saturated rings. The minimum absolute atomic E-state index is 0.0117. The van der Waals surface area contributed by atoms with Crippen LogP contribution in [0.2, 0.25) is 0 Å². The van der Waals surface area contributed by atoms with E-state index in [1.54, 1.807) is 11.3 Å². The quantitative estimate of drug-likeness (QED) is 0.833. The first-order valence-electron chi connectivity index (χ1n) is 4.96. The molecule has 5 heteroatoms. The molecule has 2 N–H and O–H groups in total. The van der Waals surface area contributed by atoms with Crippen LogP contribution in [-0.2, 0) is 11.3 Å². The summed E-state index contributed by atoms with van der Waals surface area (Å²) in [6.45, 7) is 1.58. The molecule has 1 saturated heterocycles. The largest absolute Gasteiger partial charge is 0.351 e. The molecule has 0 bridgehead atoms. The van der Waals surface area contributed by atoms with Gasteiger partial charge in [0.2, 0.25) is 5.91 Å². The third-order valence-corrected chi connectivity index (χ3v) is 4.08. The average molecular weight is 242 g/mol. The van der Waals surface area contributed by atoms with Gasteiger partial charge in [0.15, 0.2) is 0 Å². The van der Waals surface area contributed by atoms with E-state index >= 15 is 0 Å². The summed E-state index contributed by atoms with van der Waals surface area (Å²) in [5.74, 6) is 2.11. The Morgan fingerprint density at radius 2 is 2.60 bits per heavy atom. The van der Waals surface area contributed by atoms with Crippen molar-refractivity contribution in [3.05, 3.63) is 22.4 Å². The Kier molecular flexibility index (Phi) is 4.05. The van der Waals surface area contributed by atoms with Crippen LogP contribution in [0.25, 0.3) is 0 Å². The van der Waals surface area contributed by atoms with Gasteiger partial charge in [0.1, 0.15) is 0 Å². The maximum atomic E-state index is 11.7. The van der Waals surface area contributed by atoms with E-state index in [2.05, 4.69) is 16.0 Å². The van der Waals surface area contributed by atoms with E-state index < -0.39 is 0 Å². The fourth-order valence-corrected chi connectivity index (χ4v) is 3.04. The van der Waals surface area contributed by atoms with Gasteiger partial charge in [-0.2, -0.15) is 23.1 Å². The Balaban J connectivity index is 1.76. The second-order valence-electron chi connectivity index (χ2n) is 3.43. The van der Waals surface area contributed by atoms with Crippen LogP contribution >= 0.6 is 23.1 Å². The van der Waals surface area contributed by atoms with Crippen LogP contribution in [0.5, 0.6) is 0 Å². The smallest absolute Gasteiger partial charge is 0.238 e. The summed E-state index contributed by atoms with van der Waals surface area (Å²) < 4.78 is 0. The zero-order valence-corrected chi connectivity index (χ0v) is 10.00. The fraction of sp³-hybridized carbons (Fsp3) is 0.500. The molecule has 2 heterocycles. The Hall–Kier alpha value is -0.520. The maximum Gasteiger partial charge on any atom is 0.238 e. The van der Waals surface area contributed by atoms with Crippen molar-refractivity contribution in [2.75, 3.05) is 18.1 Å². The molecule has 1 aliphatic rings. The van der Waals surface area contributed by atoms with Gasteiger partial charge in [-0.05, 0) is 22.4 Å². The van der Waals surface area contributed by atoms with E-state index in [0.29, 0.717) is 6.54 Å². The molecule has 0 radical (unpaired) electrons. The fourth-order valence-electron chi connectivity index (χ4n) is 1.44. The van der Waals surface area contributed by atoms with Crippen LogP contribution in [0.4, 0.5) is 0 Å². The topological polar surface area (TPSA) is 41.1 Å². The Morgan fingerprint density at radius 1 is 1.67 bits per heavy atom. The van der Waals surface area contributed by atoms with Crippen molar-refractivity contribution < 1.29 is 4.79 Å². The van der Waals surface area contributed by atoms with E-state index in [1.165, 1.54) is 5.56 Å². The number of nitrogens with one attached hydrogen (secondary N) is 2. The van der Waals surface area contributed by atoms with E-state index in [9.17, 15) is 4.79 Å². The molecule has 0 saturated carbocycles. The molecule has 0 aromatic carbocycles. The zero-order valence-electron chi connectivity index (χ0n) is 8.36. The minimum atomic E-state index is -0.0117. The summed E-state index contributed by atoms with van der Waals surface area (Å²) >= 11 is 3.49. The molecule has 1 atom stereocenters. The summed E-state index contributed by atoms with van der Waals surface area (Å²) in [5.41, 5.74) is 1.18. The van der Waals surface area contributed by atoms with Crippen LogP contribution in [0.1, 0.15) is 5.56 Å². The van der Waals surface area contributed by atoms with Crippen molar-refractivity contribution >= 4 is 29.0 Å².